The van der Waals surface area contributed by atoms with Gasteiger partial charge < -0.3 is 15.4 Å². The van der Waals surface area contributed by atoms with E-state index in [1.165, 1.54) is 0 Å². The number of rotatable bonds is 7. The van der Waals surface area contributed by atoms with E-state index in [-0.39, 0.29) is 23.7 Å². The number of carbonyl (C=O) groups excluding carboxylic acids is 2. The van der Waals surface area contributed by atoms with Crippen molar-refractivity contribution in [1.82, 2.24) is 10.6 Å². The van der Waals surface area contributed by atoms with Gasteiger partial charge in [0.2, 0.25) is 5.91 Å². The summed E-state index contributed by atoms with van der Waals surface area (Å²) in [5.74, 6) is -0.0469. The number of hydrogen-bond acceptors (Lipinski definition) is 4. The molecule has 2 unspecified atom stereocenters. The predicted octanol–water partition coefficient (Wildman–Crippen LogP) is 1.00. The average molecular weight is 290 g/mol. The minimum absolute atomic E-state index is 0.0329. The van der Waals surface area contributed by atoms with Gasteiger partial charge >= 0.3 is 0 Å². The quantitative estimate of drug-likeness (QED) is 0.581. The largest absolute Gasteiger partial charge is 0.385 e. The lowest BCUT2D eigenvalue weighted by Crippen LogP contribution is -2.40. The molecule has 0 saturated carbocycles. The van der Waals surface area contributed by atoms with Gasteiger partial charge in [-0.25, -0.2) is 0 Å². The molecular weight excluding hydrogens is 268 g/mol. The van der Waals surface area contributed by atoms with Gasteiger partial charge in [-0.3, -0.25) is 9.59 Å². The van der Waals surface area contributed by atoms with E-state index >= 15 is 0 Å². The van der Waals surface area contributed by atoms with Crippen LogP contribution < -0.4 is 10.6 Å². The van der Waals surface area contributed by atoms with Crippen LogP contribution in [-0.4, -0.2) is 44.5 Å². The van der Waals surface area contributed by atoms with Crippen LogP contribution in [0.15, 0.2) is 30.3 Å². The fraction of sp³-hybridized carbons (Fsp3) is 0.500. The number of ether oxygens (including phenoxy) is 1. The third-order valence-electron chi connectivity index (χ3n) is 3.70. The highest BCUT2D eigenvalue weighted by Crippen LogP contribution is 2.19. The number of hydrogen-bond donors (Lipinski definition) is 2. The molecular formula is C16H22N2O3. The summed E-state index contributed by atoms with van der Waals surface area (Å²) in [6.45, 7) is 1.79. The van der Waals surface area contributed by atoms with Crippen molar-refractivity contribution in [3.05, 3.63) is 35.9 Å². The van der Waals surface area contributed by atoms with Crippen molar-refractivity contribution in [2.24, 2.45) is 5.92 Å². The van der Waals surface area contributed by atoms with Gasteiger partial charge in [0.25, 0.3) is 0 Å². The van der Waals surface area contributed by atoms with Crippen LogP contribution in [-0.2, 0) is 9.53 Å². The Morgan fingerprint density at radius 1 is 1.33 bits per heavy atom. The first-order valence-corrected chi connectivity index (χ1v) is 7.31. The predicted molar refractivity (Wildman–Crippen MR) is 80.2 cm³/mol. The van der Waals surface area contributed by atoms with Gasteiger partial charge in [0.1, 0.15) is 0 Å². The highest BCUT2D eigenvalue weighted by molar-refractivity contribution is 5.99. The number of nitrogens with one attached hydrogen (secondary N) is 2. The molecule has 1 aromatic carbocycles. The summed E-state index contributed by atoms with van der Waals surface area (Å²) in [4.78, 5) is 24.3. The molecule has 1 amide bonds. The number of Topliss-reactive ketones (excluding diaryl/α,β-unsaturated/α-hetero) is 1. The Labute approximate surface area is 125 Å². The molecule has 5 heteroatoms. The molecule has 1 fully saturated rings. The van der Waals surface area contributed by atoms with E-state index in [1.807, 2.05) is 30.3 Å². The highest BCUT2D eigenvalue weighted by atomic mass is 16.5. The van der Waals surface area contributed by atoms with E-state index < -0.39 is 0 Å². The van der Waals surface area contributed by atoms with Crippen molar-refractivity contribution in [1.29, 1.82) is 0 Å². The number of carbonyl (C=O) groups is 2. The topological polar surface area (TPSA) is 67.4 Å². The molecule has 2 rings (SSSR count). The van der Waals surface area contributed by atoms with E-state index in [2.05, 4.69) is 10.6 Å². The molecule has 0 aliphatic carbocycles. The summed E-state index contributed by atoms with van der Waals surface area (Å²) in [6, 6.07) is 8.97. The van der Waals surface area contributed by atoms with Crippen LogP contribution in [0, 0.1) is 5.92 Å². The molecule has 0 aromatic heterocycles. The van der Waals surface area contributed by atoms with Crippen LogP contribution in [0.1, 0.15) is 23.2 Å². The Hall–Kier alpha value is -1.72. The van der Waals surface area contributed by atoms with Gasteiger partial charge in [-0.2, -0.15) is 0 Å². The van der Waals surface area contributed by atoms with Crippen molar-refractivity contribution in [2.75, 3.05) is 26.8 Å². The standard InChI is InChI=1S/C16H22N2O3/c1-21-9-5-8-17-16(20)14-10-13(11-18-14)15(19)12-6-3-2-4-7-12/h2-4,6-7,13-14,18H,5,8-11H2,1H3,(H,17,20). The SMILES string of the molecule is COCCCNC(=O)C1CC(C(=O)c2ccccc2)CN1. The lowest BCUT2D eigenvalue weighted by atomic mass is 9.95. The van der Waals surface area contributed by atoms with Crippen molar-refractivity contribution < 1.29 is 14.3 Å². The zero-order chi connectivity index (χ0) is 15.1. The first-order chi connectivity index (χ1) is 10.2. The molecule has 1 aliphatic heterocycles. The van der Waals surface area contributed by atoms with Gasteiger partial charge in [0.15, 0.2) is 5.78 Å². The minimum Gasteiger partial charge on any atom is -0.385 e. The smallest absolute Gasteiger partial charge is 0.237 e. The summed E-state index contributed by atoms with van der Waals surface area (Å²) in [5, 5.41) is 6.00. The van der Waals surface area contributed by atoms with E-state index in [1.54, 1.807) is 7.11 Å². The Morgan fingerprint density at radius 3 is 2.81 bits per heavy atom. The molecule has 1 saturated heterocycles. The van der Waals surface area contributed by atoms with E-state index in [0.717, 1.165) is 6.42 Å². The Kier molecular flexibility index (Phi) is 5.90. The maximum Gasteiger partial charge on any atom is 0.237 e. The highest BCUT2D eigenvalue weighted by Gasteiger charge is 2.33. The fourth-order valence-corrected chi connectivity index (χ4v) is 2.52. The molecule has 2 N–H and O–H groups in total. The van der Waals surface area contributed by atoms with Crippen LogP contribution in [0.2, 0.25) is 0 Å². The van der Waals surface area contributed by atoms with Gasteiger partial charge in [-0.1, -0.05) is 30.3 Å². The van der Waals surface area contributed by atoms with Gasteiger partial charge in [0.05, 0.1) is 6.04 Å². The molecule has 0 bridgehead atoms. The monoisotopic (exact) mass is 290 g/mol. The maximum atomic E-state index is 12.3. The van der Waals surface area contributed by atoms with Gasteiger partial charge in [-0.05, 0) is 12.8 Å². The number of benzene rings is 1. The van der Waals surface area contributed by atoms with E-state index in [4.69, 9.17) is 4.74 Å². The third kappa shape index (κ3) is 4.37. The summed E-state index contributed by atoms with van der Waals surface area (Å²) in [6.07, 6.45) is 1.35. The minimum atomic E-state index is -0.273. The second-order valence-corrected chi connectivity index (χ2v) is 5.26. The molecule has 21 heavy (non-hydrogen) atoms. The molecule has 0 radical (unpaired) electrons. The second-order valence-electron chi connectivity index (χ2n) is 5.26. The molecule has 5 nitrogen and oxygen atoms in total. The molecule has 0 spiro atoms. The first kappa shape index (κ1) is 15.7. The van der Waals surface area contributed by atoms with Crippen LogP contribution in [0.4, 0.5) is 0 Å². The normalized spacial score (nSPS) is 21.2. The summed E-state index contributed by atoms with van der Waals surface area (Å²) < 4.78 is 4.94. The lowest BCUT2D eigenvalue weighted by Gasteiger charge is -2.11. The Bertz CT molecular complexity index is 476. The maximum absolute atomic E-state index is 12.3. The van der Waals surface area contributed by atoms with Gasteiger partial charge in [0, 0.05) is 38.3 Å². The van der Waals surface area contributed by atoms with Gasteiger partial charge in [-0.15, -0.1) is 0 Å². The third-order valence-corrected chi connectivity index (χ3v) is 3.70. The zero-order valence-electron chi connectivity index (χ0n) is 12.3. The van der Waals surface area contributed by atoms with Crippen molar-refractivity contribution in [3.8, 4) is 0 Å². The number of ketones is 1. The van der Waals surface area contributed by atoms with Crippen LogP contribution in [0.5, 0.6) is 0 Å². The molecule has 1 aromatic rings. The van der Waals surface area contributed by atoms with Crippen LogP contribution in [0.3, 0.4) is 0 Å². The summed E-state index contributed by atoms with van der Waals surface area (Å²) in [7, 11) is 1.64. The van der Waals surface area contributed by atoms with Crippen LogP contribution >= 0.6 is 0 Å². The first-order valence-electron chi connectivity index (χ1n) is 7.31. The average Bonchev–Trinajstić information content (AvgIpc) is 3.01. The summed E-state index contributed by atoms with van der Waals surface area (Å²) in [5.41, 5.74) is 0.713. The molecule has 2 atom stereocenters. The second kappa shape index (κ2) is 7.90. The van der Waals surface area contributed by atoms with E-state index in [0.29, 0.717) is 31.7 Å². The molecule has 1 heterocycles. The molecule has 114 valence electrons. The number of methoxy groups -OCH3 is 1. The molecule has 1 aliphatic rings. The fourth-order valence-electron chi connectivity index (χ4n) is 2.52. The summed E-state index contributed by atoms with van der Waals surface area (Å²) >= 11 is 0. The van der Waals surface area contributed by atoms with Crippen molar-refractivity contribution >= 4 is 11.7 Å². The van der Waals surface area contributed by atoms with Crippen molar-refractivity contribution in [2.45, 2.75) is 18.9 Å². The van der Waals surface area contributed by atoms with Crippen molar-refractivity contribution in [3.63, 3.8) is 0 Å². The number of amides is 1. The van der Waals surface area contributed by atoms with Crippen LogP contribution in [0.25, 0.3) is 0 Å². The zero-order valence-corrected chi connectivity index (χ0v) is 12.3. The lowest BCUT2D eigenvalue weighted by molar-refractivity contribution is -0.122. The Balaban J connectivity index is 1.80. The van der Waals surface area contributed by atoms with E-state index in [9.17, 15) is 9.59 Å². The Morgan fingerprint density at radius 2 is 2.10 bits per heavy atom.